The number of ether oxygens (including phenoxy) is 1. The molecule has 32 heavy (non-hydrogen) atoms. The highest BCUT2D eigenvalue weighted by molar-refractivity contribution is 7.78. The third kappa shape index (κ3) is 4.10. The largest absolute Gasteiger partial charge is 0.442 e. The average molecular weight is 444 g/mol. The predicted octanol–water partition coefficient (Wildman–Crippen LogP) is 7.70. The third-order valence-corrected chi connectivity index (χ3v) is 9.97. The van der Waals surface area contributed by atoms with E-state index in [-0.39, 0.29) is 0 Å². The van der Waals surface area contributed by atoms with E-state index in [0.29, 0.717) is 0 Å². The van der Waals surface area contributed by atoms with Gasteiger partial charge in [0, 0.05) is 7.05 Å². The molecule has 1 aliphatic heterocycles. The molecular weight excluding hydrogens is 413 g/mol. The maximum Gasteiger partial charge on any atom is 0.433 e. The molecule has 1 aliphatic rings. The molecular formula is C28H30NO2P. The van der Waals surface area contributed by atoms with Crippen LogP contribution < -0.4 is 5.30 Å². The van der Waals surface area contributed by atoms with E-state index in [9.17, 15) is 4.79 Å². The number of nitrogens with zero attached hydrogens (tertiary/aromatic N) is 1. The van der Waals surface area contributed by atoms with Gasteiger partial charge in [-0.15, -0.1) is 0 Å². The molecule has 1 atom stereocenters. The molecule has 1 unspecified atom stereocenters. The predicted molar refractivity (Wildman–Crippen MR) is 134 cm³/mol. The van der Waals surface area contributed by atoms with Crippen LogP contribution >= 0.6 is 7.05 Å². The van der Waals surface area contributed by atoms with Gasteiger partial charge >= 0.3 is 6.09 Å². The Labute approximate surface area is 191 Å². The number of hydrogen-bond acceptors (Lipinski definition) is 2. The zero-order chi connectivity index (χ0) is 22.7. The highest BCUT2D eigenvalue weighted by atomic mass is 31.2. The lowest BCUT2D eigenvalue weighted by molar-refractivity contribution is 0.0607. The number of carbonyl (C=O) groups is 1. The van der Waals surface area contributed by atoms with E-state index in [1.165, 1.54) is 11.1 Å². The molecule has 0 radical (unpaired) electrons. The van der Waals surface area contributed by atoms with Crippen LogP contribution in [0.2, 0.25) is 0 Å². The van der Waals surface area contributed by atoms with Crippen molar-refractivity contribution >= 4 is 18.5 Å². The van der Waals surface area contributed by atoms with Gasteiger partial charge in [0.15, 0.2) is 0 Å². The van der Waals surface area contributed by atoms with Crippen LogP contribution in [0.15, 0.2) is 108 Å². The van der Waals surface area contributed by atoms with Gasteiger partial charge < -0.3 is 4.74 Å². The second-order valence-electron chi connectivity index (χ2n) is 9.12. The van der Waals surface area contributed by atoms with Crippen molar-refractivity contribution in [3.63, 3.8) is 0 Å². The molecule has 1 heterocycles. The number of rotatable bonds is 3. The smallest absolute Gasteiger partial charge is 0.433 e. The van der Waals surface area contributed by atoms with E-state index in [4.69, 9.17) is 9.48 Å². The molecule has 0 bridgehead atoms. The quantitative estimate of drug-likeness (QED) is 0.389. The molecule has 4 heteroatoms. The fraction of sp³-hybridized carbons (Fsp3) is 0.250. The summed E-state index contributed by atoms with van der Waals surface area (Å²) in [4.78, 5) is 13.3. The molecule has 0 aliphatic carbocycles. The number of benzene rings is 3. The SMILES string of the molecule is CC(C)(C)OC(=O)N=P1(c2ccccc2)C=CCCC1(c1ccccc1)c1ccccc1. The van der Waals surface area contributed by atoms with Crippen LogP contribution in [0.5, 0.6) is 0 Å². The van der Waals surface area contributed by atoms with Gasteiger partial charge in [0.25, 0.3) is 0 Å². The van der Waals surface area contributed by atoms with Crippen molar-refractivity contribution in [1.82, 2.24) is 0 Å². The van der Waals surface area contributed by atoms with Crippen molar-refractivity contribution in [2.45, 2.75) is 44.4 Å². The van der Waals surface area contributed by atoms with Crippen LogP contribution in [0, 0.1) is 0 Å². The van der Waals surface area contributed by atoms with Gasteiger partial charge in [0.05, 0.1) is 5.16 Å². The number of carbonyl (C=O) groups excluding carboxylic acids is 1. The number of allylic oxidation sites excluding steroid dienone is 1. The lowest BCUT2D eigenvalue weighted by Crippen LogP contribution is -2.34. The minimum absolute atomic E-state index is 0.456. The number of amides is 1. The Balaban J connectivity index is 2.11. The molecule has 0 fully saturated rings. The van der Waals surface area contributed by atoms with Gasteiger partial charge in [-0.3, -0.25) is 0 Å². The minimum atomic E-state index is -2.60. The van der Waals surface area contributed by atoms with Gasteiger partial charge in [-0.1, -0.05) is 97.1 Å². The van der Waals surface area contributed by atoms with Gasteiger partial charge in [-0.2, -0.15) is 4.74 Å². The maximum absolute atomic E-state index is 13.3. The second-order valence-corrected chi connectivity index (χ2v) is 12.3. The standard InChI is InChI=1S/C28H30NO2P/c1-27(2,3)31-26(30)29-32(25-19-11-6-12-20-25)22-14-13-21-28(32,23-15-7-4-8-16-23)24-17-9-5-10-18-24/h4-12,14-20,22H,13,21H2,1-3H3. The molecule has 164 valence electrons. The van der Waals surface area contributed by atoms with Gasteiger partial charge in [0.1, 0.15) is 5.60 Å². The summed E-state index contributed by atoms with van der Waals surface area (Å²) in [6.07, 6.45) is 3.48. The first-order valence-electron chi connectivity index (χ1n) is 11.1. The van der Waals surface area contributed by atoms with E-state index >= 15 is 0 Å². The van der Waals surface area contributed by atoms with Crippen molar-refractivity contribution in [1.29, 1.82) is 0 Å². The van der Waals surface area contributed by atoms with Crippen molar-refractivity contribution in [2.24, 2.45) is 4.74 Å². The average Bonchev–Trinajstić information content (AvgIpc) is 2.80. The summed E-state index contributed by atoms with van der Waals surface area (Å²) in [5.74, 6) is 2.22. The van der Waals surface area contributed by atoms with E-state index in [2.05, 4.69) is 72.6 Å². The summed E-state index contributed by atoms with van der Waals surface area (Å²) in [7, 11) is -2.60. The van der Waals surface area contributed by atoms with Crippen LogP contribution in [-0.4, -0.2) is 11.7 Å². The minimum Gasteiger partial charge on any atom is -0.442 e. The lowest BCUT2D eigenvalue weighted by atomic mass is 9.86. The first kappa shape index (κ1) is 22.3. The zero-order valence-corrected chi connectivity index (χ0v) is 19.8. The Kier molecular flexibility index (Phi) is 6.22. The van der Waals surface area contributed by atoms with Gasteiger partial charge in [-0.25, -0.2) is 4.79 Å². The molecule has 0 saturated carbocycles. The van der Waals surface area contributed by atoms with Crippen LogP contribution in [-0.2, 0) is 9.89 Å². The topological polar surface area (TPSA) is 38.7 Å². The molecule has 3 aromatic carbocycles. The highest BCUT2D eigenvalue weighted by Crippen LogP contribution is 2.72. The number of hydrogen-bond donors (Lipinski definition) is 0. The van der Waals surface area contributed by atoms with Crippen molar-refractivity contribution in [3.8, 4) is 0 Å². The Morgan fingerprint density at radius 1 is 0.844 bits per heavy atom. The van der Waals surface area contributed by atoms with Crippen LogP contribution in [0.4, 0.5) is 4.79 Å². The lowest BCUT2D eigenvalue weighted by Gasteiger charge is -2.46. The van der Waals surface area contributed by atoms with E-state index in [0.717, 1.165) is 18.1 Å². The molecule has 3 aromatic rings. The summed E-state index contributed by atoms with van der Waals surface area (Å²) in [6.45, 7) is 5.64. The normalized spacial score (nSPS) is 19.8. The molecule has 0 saturated heterocycles. The Morgan fingerprint density at radius 3 is 1.84 bits per heavy atom. The van der Waals surface area contributed by atoms with E-state index < -0.39 is 23.9 Å². The van der Waals surface area contributed by atoms with Crippen molar-refractivity contribution < 1.29 is 9.53 Å². The molecule has 4 rings (SSSR count). The van der Waals surface area contributed by atoms with Crippen LogP contribution in [0.25, 0.3) is 0 Å². The van der Waals surface area contributed by atoms with E-state index in [1.807, 2.05) is 51.1 Å². The molecule has 0 spiro atoms. The summed E-state index contributed by atoms with van der Waals surface area (Å²) in [5, 5.41) is 0.622. The van der Waals surface area contributed by atoms with Crippen LogP contribution in [0.3, 0.4) is 0 Å². The highest BCUT2D eigenvalue weighted by Gasteiger charge is 2.49. The Morgan fingerprint density at radius 2 is 1.34 bits per heavy atom. The third-order valence-electron chi connectivity index (χ3n) is 5.86. The maximum atomic E-state index is 13.3. The fourth-order valence-electron chi connectivity index (χ4n) is 4.64. The monoisotopic (exact) mass is 443 g/mol. The molecule has 3 nitrogen and oxygen atoms in total. The first-order valence-corrected chi connectivity index (χ1v) is 12.9. The summed E-state index contributed by atoms with van der Waals surface area (Å²) >= 11 is 0. The van der Waals surface area contributed by atoms with Crippen molar-refractivity contribution in [3.05, 3.63) is 114 Å². The molecule has 0 N–H and O–H groups in total. The summed E-state index contributed by atoms with van der Waals surface area (Å²) < 4.78 is 10.7. The van der Waals surface area contributed by atoms with E-state index in [1.54, 1.807) is 0 Å². The zero-order valence-electron chi connectivity index (χ0n) is 18.9. The van der Waals surface area contributed by atoms with Gasteiger partial charge in [-0.05, 0) is 55.9 Å². The second kappa shape index (κ2) is 8.92. The summed E-state index contributed by atoms with van der Waals surface area (Å²) in [5.41, 5.74) is 1.75. The first-order chi connectivity index (χ1) is 15.4. The fourth-order valence-corrected chi connectivity index (χ4v) is 8.80. The molecule has 0 aromatic heterocycles. The van der Waals surface area contributed by atoms with Crippen molar-refractivity contribution in [2.75, 3.05) is 0 Å². The molecule has 1 amide bonds. The van der Waals surface area contributed by atoms with Gasteiger partial charge in [0.2, 0.25) is 0 Å². The van der Waals surface area contributed by atoms with Crippen LogP contribution in [0.1, 0.15) is 44.7 Å². The summed E-state index contributed by atoms with van der Waals surface area (Å²) in [6, 6.07) is 31.4. The Bertz CT molecular complexity index is 1110. The Hall–Kier alpha value is -2.90.